The van der Waals surface area contributed by atoms with Crippen LogP contribution in [-0.4, -0.2) is 24.5 Å². The molecule has 0 aliphatic carbocycles. The molecule has 19 heavy (non-hydrogen) atoms. The molecule has 2 N–H and O–H groups in total. The van der Waals surface area contributed by atoms with E-state index in [9.17, 15) is 9.18 Å². The molecule has 4 heteroatoms. The summed E-state index contributed by atoms with van der Waals surface area (Å²) in [5, 5.41) is 6.32. The molecule has 2 rings (SSSR count). The van der Waals surface area contributed by atoms with Crippen molar-refractivity contribution in [3.8, 4) is 0 Å². The highest BCUT2D eigenvalue weighted by molar-refractivity contribution is 5.80. The van der Waals surface area contributed by atoms with Crippen molar-refractivity contribution >= 4 is 5.91 Å². The zero-order valence-electron chi connectivity index (χ0n) is 11.4. The van der Waals surface area contributed by atoms with Crippen LogP contribution in [0.2, 0.25) is 0 Å². The standard InChI is InChI=1S/C15H21FN2O/c1-10(9-12-3-5-13(16)6-4-12)18-15(19)14-7-8-17-11(14)2/h3-6,10-11,14,17H,7-9H2,1-2H3,(H,18,19). The van der Waals surface area contributed by atoms with Gasteiger partial charge in [0.05, 0.1) is 5.92 Å². The third-order valence-corrected chi connectivity index (χ3v) is 3.71. The maximum atomic E-state index is 12.8. The minimum Gasteiger partial charge on any atom is -0.353 e. The third kappa shape index (κ3) is 3.77. The largest absolute Gasteiger partial charge is 0.353 e. The predicted molar refractivity (Wildman–Crippen MR) is 73.3 cm³/mol. The number of carbonyl (C=O) groups excluding carboxylic acids is 1. The van der Waals surface area contributed by atoms with Gasteiger partial charge in [0.25, 0.3) is 0 Å². The molecule has 0 radical (unpaired) electrons. The first-order valence-electron chi connectivity index (χ1n) is 6.84. The SMILES string of the molecule is CC(Cc1ccc(F)cc1)NC(=O)C1CCNC1C. The van der Waals surface area contributed by atoms with Crippen molar-refractivity contribution in [2.24, 2.45) is 5.92 Å². The fourth-order valence-corrected chi connectivity index (χ4v) is 2.59. The summed E-state index contributed by atoms with van der Waals surface area (Å²) in [6, 6.07) is 6.73. The van der Waals surface area contributed by atoms with Gasteiger partial charge >= 0.3 is 0 Å². The van der Waals surface area contributed by atoms with E-state index in [0.29, 0.717) is 0 Å². The molecule has 104 valence electrons. The van der Waals surface area contributed by atoms with Crippen molar-refractivity contribution in [3.63, 3.8) is 0 Å². The second kappa shape index (κ2) is 6.15. The molecule has 0 bridgehead atoms. The summed E-state index contributed by atoms with van der Waals surface area (Å²) in [6.45, 7) is 4.93. The molecule has 1 fully saturated rings. The van der Waals surface area contributed by atoms with Gasteiger partial charge in [-0.05, 0) is 50.9 Å². The third-order valence-electron chi connectivity index (χ3n) is 3.71. The Morgan fingerprint density at radius 3 is 2.74 bits per heavy atom. The minimum absolute atomic E-state index is 0.0609. The molecule has 0 aromatic heterocycles. The number of benzene rings is 1. The highest BCUT2D eigenvalue weighted by atomic mass is 19.1. The molecule has 1 heterocycles. The van der Waals surface area contributed by atoms with Crippen LogP contribution >= 0.6 is 0 Å². The minimum atomic E-state index is -0.230. The lowest BCUT2D eigenvalue weighted by atomic mass is 10.00. The van der Waals surface area contributed by atoms with Crippen molar-refractivity contribution in [2.75, 3.05) is 6.54 Å². The summed E-state index contributed by atoms with van der Waals surface area (Å²) in [4.78, 5) is 12.1. The smallest absolute Gasteiger partial charge is 0.224 e. The summed E-state index contributed by atoms with van der Waals surface area (Å²) in [7, 11) is 0. The molecule has 0 saturated carbocycles. The van der Waals surface area contributed by atoms with Gasteiger partial charge in [-0.15, -0.1) is 0 Å². The van der Waals surface area contributed by atoms with Crippen LogP contribution in [0.4, 0.5) is 4.39 Å². The van der Waals surface area contributed by atoms with Crippen LogP contribution in [0.3, 0.4) is 0 Å². The summed E-state index contributed by atoms with van der Waals surface area (Å²) < 4.78 is 12.8. The summed E-state index contributed by atoms with van der Waals surface area (Å²) in [6.07, 6.45) is 1.62. The number of nitrogens with one attached hydrogen (secondary N) is 2. The molecule has 1 amide bonds. The van der Waals surface area contributed by atoms with Gasteiger partial charge in [0.2, 0.25) is 5.91 Å². The maximum Gasteiger partial charge on any atom is 0.224 e. The topological polar surface area (TPSA) is 41.1 Å². The molecule has 3 nitrogen and oxygen atoms in total. The van der Waals surface area contributed by atoms with Gasteiger partial charge in [-0.1, -0.05) is 12.1 Å². The molecular formula is C15H21FN2O. The fourth-order valence-electron chi connectivity index (χ4n) is 2.59. The van der Waals surface area contributed by atoms with Gasteiger partial charge in [-0.2, -0.15) is 0 Å². The average molecular weight is 264 g/mol. The van der Waals surface area contributed by atoms with E-state index < -0.39 is 0 Å². The van der Waals surface area contributed by atoms with Gasteiger partial charge in [0.15, 0.2) is 0 Å². The Hall–Kier alpha value is -1.42. The highest BCUT2D eigenvalue weighted by Crippen LogP contribution is 2.15. The Labute approximate surface area is 113 Å². The van der Waals surface area contributed by atoms with Gasteiger partial charge in [0.1, 0.15) is 5.82 Å². The number of hydrogen-bond acceptors (Lipinski definition) is 2. The summed E-state index contributed by atoms with van der Waals surface area (Å²) in [5.41, 5.74) is 1.03. The zero-order chi connectivity index (χ0) is 13.8. The van der Waals surface area contributed by atoms with Crippen LogP contribution in [0.15, 0.2) is 24.3 Å². The number of carbonyl (C=O) groups is 1. The van der Waals surface area contributed by atoms with E-state index in [1.54, 1.807) is 12.1 Å². The molecular weight excluding hydrogens is 243 g/mol. The molecule has 0 spiro atoms. The number of hydrogen-bond donors (Lipinski definition) is 2. The Kier molecular flexibility index (Phi) is 4.53. The first-order chi connectivity index (χ1) is 9.06. The van der Waals surface area contributed by atoms with E-state index in [1.807, 2.05) is 13.8 Å². The molecule has 1 aromatic rings. The lowest BCUT2D eigenvalue weighted by Crippen LogP contribution is -2.41. The van der Waals surface area contributed by atoms with Crippen molar-refractivity contribution in [3.05, 3.63) is 35.6 Å². The summed E-state index contributed by atoms with van der Waals surface area (Å²) >= 11 is 0. The normalized spacial score (nSPS) is 24.2. The number of rotatable bonds is 4. The van der Waals surface area contributed by atoms with E-state index in [2.05, 4.69) is 10.6 Å². The quantitative estimate of drug-likeness (QED) is 0.871. The first kappa shape index (κ1) is 14.0. The van der Waals surface area contributed by atoms with Crippen molar-refractivity contribution in [1.82, 2.24) is 10.6 Å². The zero-order valence-corrected chi connectivity index (χ0v) is 11.4. The second-order valence-electron chi connectivity index (χ2n) is 5.38. The number of amides is 1. The van der Waals surface area contributed by atoms with Gasteiger partial charge in [-0.3, -0.25) is 4.79 Å². The van der Waals surface area contributed by atoms with Gasteiger partial charge in [-0.25, -0.2) is 4.39 Å². The molecule has 3 atom stereocenters. The van der Waals surface area contributed by atoms with Crippen LogP contribution in [0.5, 0.6) is 0 Å². The average Bonchev–Trinajstić information content (AvgIpc) is 2.78. The highest BCUT2D eigenvalue weighted by Gasteiger charge is 2.29. The molecule has 3 unspecified atom stereocenters. The Bertz CT molecular complexity index is 432. The summed E-state index contributed by atoms with van der Waals surface area (Å²) in [5.74, 6) is -0.0472. The molecule has 1 aliphatic heterocycles. The van der Waals surface area contributed by atoms with Crippen molar-refractivity contribution in [1.29, 1.82) is 0 Å². The Balaban J connectivity index is 1.85. The maximum absolute atomic E-state index is 12.8. The van der Waals surface area contributed by atoms with E-state index in [1.165, 1.54) is 12.1 Å². The van der Waals surface area contributed by atoms with Crippen LogP contribution in [-0.2, 0) is 11.2 Å². The lowest BCUT2D eigenvalue weighted by Gasteiger charge is -2.19. The van der Waals surface area contributed by atoms with Crippen LogP contribution in [0.1, 0.15) is 25.8 Å². The fraction of sp³-hybridized carbons (Fsp3) is 0.533. The van der Waals surface area contributed by atoms with Crippen LogP contribution in [0.25, 0.3) is 0 Å². The Morgan fingerprint density at radius 2 is 2.16 bits per heavy atom. The van der Waals surface area contributed by atoms with E-state index in [0.717, 1.165) is 24.9 Å². The van der Waals surface area contributed by atoms with Gasteiger partial charge in [0, 0.05) is 12.1 Å². The Morgan fingerprint density at radius 1 is 1.47 bits per heavy atom. The van der Waals surface area contributed by atoms with Crippen LogP contribution in [0, 0.1) is 11.7 Å². The molecule has 1 saturated heterocycles. The van der Waals surface area contributed by atoms with E-state index >= 15 is 0 Å². The van der Waals surface area contributed by atoms with E-state index in [-0.39, 0.29) is 29.7 Å². The lowest BCUT2D eigenvalue weighted by molar-refractivity contribution is -0.125. The molecule has 1 aliphatic rings. The number of halogens is 1. The first-order valence-corrected chi connectivity index (χ1v) is 6.84. The van der Waals surface area contributed by atoms with Gasteiger partial charge < -0.3 is 10.6 Å². The van der Waals surface area contributed by atoms with Crippen LogP contribution < -0.4 is 10.6 Å². The monoisotopic (exact) mass is 264 g/mol. The van der Waals surface area contributed by atoms with E-state index in [4.69, 9.17) is 0 Å². The second-order valence-corrected chi connectivity index (χ2v) is 5.38. The molecule has 1 aromatic carbocycles. The van der Waals surface area contributed by atoms with Crippen molar-refractivity contribution < 1.29 is 9.18 Å². The van der Waals surface area contributed by atoms with Crippen molar-refractivity contribution in [2.45, 2.75) is 38.8 Å². The predicted octanol–water partition coefficient (Wildman–Crippen LogP) is 1.87.